The molecule has 0 aromatic carbocycles. The molecular formula is C16H24N4O3. The van der Waals surface area contributed by atoms with Crippen LogP contribution in [0.5, 0.6) is 5.88 Å². The molecule has 3 amide bonds. The average molecular weight is 320 g/mol. The van der Waals surface area contributed by atoms with Gasteiger partial charge in [0.05, 0.1) is 24.9 Å². The van der Waals surface area contributed by atoms with Crippen LogP contribution in [0.25, 0.3) is 0 Å². The Kier molecular flexibility index (Phi) is 5.78. The molecule has 2 rings (SSSR count). The van der Waals surface area contributed by atoms with E-state index in [4.69, 9.17) is 4.74 Å². The van der Waals surface area contributed by atoms with Crippen LogP contribution in [0.4, 0.5) is 10.5 Å². The van der Waals surface area contributed by atoms with Crippen molar-refractivity contribution in [2.45, 2.75) is 32.7 Å². The summed E-state index contributed by atoms with van der Waals surface area (Å²) in [6.45, 7) is 4.96. The van der Waals surface area contributed by atoms with Crippen LogP contribution < -0.4 is 15.4 Å². The normalized spacial score (nSPS) is 17.7. The van der Waals surface area contributed by atoms with Gasteiger partial charge in [0.2, 0.25) is 11.8 Å². The van der Waals surface area contributed by atoms with E-state index in [2.05, 4.69) is 15.6 Å². The summed E-state index contributed by atoms with van der Waals surface area (Å²) < 4.78 is 4.99. The quantitative estimate of drug-likeness (QED) is 0.887. The maximum Gasteiger partial charge on any atom is 0.317 e. The third-order valence-electron chi connectivity index (χ3n) is 3.70. The molecule has 0 bridgehead atoms. The first-order valence-corrected chi connectivity index (χ1v) is 7.86. The standard InChI is InChI=1S/C16H24N4O3/c1-11(2)18-16(22)20-8-4-5-12(10-20)15(21)19-13-6-7-14(23-3)17-9-13/h6-7,9,11-12H,4-5,8,10H2,1-3H3,(H,18,22)(H,19,21)/t12-/m0/s1. The lowest BCUT2D eigenvalue weighted by Gasteiger charge is -2.32. The van der Waals surface area contributed by atoms with E-state index in [-0.39, 0.29) is 23.9 Å². The monoisotopic (exact) mass is 320 g/mol. The number of hydrogen-bond acceptors (Lipinski definition) is 4. The second-order valence-corrected chi connectivity index (χ2v) is 5.97. The van der Waals surface area contributed by atoms with Gasteiger partial charge in [-0.1, -0.05) is 0 Å². The van der Waals surface area contributed by atoms with E-state index >= 15 is 0 Å². The van der Waals surface area contributed by atoms with Crippen molar-refractivity contribution in [3.63, 3.8) is 0 Å². The number of anilines is 1. The van der Waals surface area contributed by atoms with Crippen LogP contribution in [-0.4, -0.2) is 48.1 Å². The Balaban J connectivity index is 1.92. The molecule has 23 heavy (non-hydrogen) atoms. The lowest BCUT2D eigenvalue weighted by molar-refractivity contribution is -0.121. The molecule has 1 aromatic rings. The predicted octanol–water partition coefficient (Wildman–Crippen LogP) is 1.86. The number of nitrogens with one attached hydrogen (secondary N) is 2. The number of aromatic nitrogens is 1. The zero-order valence-corrected chi connectivity index (χ0v) is 13.8. The lowest BCUT2D eigenvalue weighted by atomic mass is 9.97. The molecule has 1 fully saturated rings. The van der Waals surface area contributed by atoms with Crippen molar-refractivity contribution >= 4 is 17.6 Å². The molecule has 7 nitrogen and oxygen atoms in total. The van der Waals surface area contributed by atoms with Gasteiger partial charge in [0, 0.05) is 25.2 Å². The van der Waals surface area contributed by atoms with Gasteiger partial charge < -0.3 is 20.3 Å². The van der Waals surface area contributed by atoms with Crippen molar-refractivity contribution in [1.29, 1.82) is 0 Å². The summed E-state index contributed by atoms with van der Waals surface area (Å²) in [5.74, 6) is 0.208. The van der Waals surface area contributed by atoms with E-state index in [1.54, 1.807) is 30.3 Å². The van der Waals surface area contributed by atoms with Crippen LogP contribution in [0, 0.1) is 5.92 Å². The van der Waals surface area contributed by atoms with Crippen molar-refractivity contribution in [2.24, 2.45) is 5.92 Å². The van der Waals surface area contributed by atoms with Crippen LogP contribution in [-0.2, 0) is 4.79 Å². The van der Waals surface area contributed by atoms with Crippen molar-refractivity contribution in [2.75, 3.05) is 25.5 Å². The second kappa shape index (κ2) is 7.80. The summed E-state index contributed by atoms with van der Waals surface area (Å²) in [7, 11) is 1.54. The number of rotatable bonds is 4. The lowest BCUT2D eigenvalue weighted by Crippen LogP contribution is -2.49. The zero-order chi connectivity index (χ0) is 16.8. The van der Waals surface area contributed by atoms with Crippen molar-refractivity contribution < 1.29 is 14.3 Å². The minimum absolute atomic E-state index is 0.0842. The zero-order valence-electron chi connectivity index (χ0n) is 13.8. The van der Waals surface area contributed by atoms with Gasteiger partial charge in [0.25, 0.3) is 0 Å². The maximum absolute atomic E-state index is 12.4. The minimum Gasteiger partial charge on any atom is -0.481 e. The number of carbonyl (C=O) groups excluding carboxylic acids is 2. The van der Waals surface area contributed by atoms with Crippen LogP contribution in [0.15, 0.2) is 18.3 Å². The molecule has 0 radical (unpaired) electrons. The van der Waals surface area contributed by atoms with Crippen LogP contribution in [0.2, 0.25) is 0 Å². The third-order valence-corrected chi connectivity index (χ3v) is 3.70. The number of methoxy groups -OCH3 is 1. The van der Waals surface area contributed by atoms with E-state index < -0.39 is 0 Å². The summed E-state index contributed by atoms with van der Waals surface area (Å²) >= 11 is 0. The highest BCUT2D eigenvalue weighted by molar-refractivity contribution is 5.93. The Hall–Kier alpha value is -2.31. The molecule has 1 aliphatic rings. The number of piperidine rings is 1. The largest absolute Gasteiger partial charge is 0.481 e. The molecule has 2 N–H and O–H groups in total. The molecule has 0 saturated carbocycles. The molecular weight excluding hydrogens is 296 g/mol. The molecule has 0 spiro atoms. The van der Waals surface area contributed by atoms with Crippen LogP contribution in [0.3, 0.4) is 0 Å². The van der Waals surface area contributed by atoms with Gasteiger partial charge in [-0.05, 0) is 32.8 Å². The van der Waals surface area contributed by atoms with Gasteiger partial charge in [0.1, 0.15) is 0 Å². The second-order valence-electron chi connectivity index (χ2n) is 5.97. The maximum atomic E-state index is 12.4. The van der Waals surface area contributed by atoms with E-state index in [0.29, 0.717) is 24.7 Å². The number of nitrogens with zero attached hydrogens (tertiary/aromatic N) is 2. The molecule has 2 heterocycles. The molecule has 1 aliphatic heterocycles. The first kappa shape index (κ1) is 17.1. The van der Waals surface area contributed by atoms with Crippen molar-refractivity contribution in [3.8, 4) is 5.88 Å². The highest BCUT2D eigenvalue weighted by Crippen LogP contribution is 2.19. The van der Waals surface area contributed by atoms with Gasteiger partial charge >= 0.3 is 6.03 Å². The van der Waals surface area contributed by atoms with Crippen LogP contribution >= 0.6 is 0 Å². The summed E-state index contributed by atoms with van der Waals surface area (Å²) in [5, 5.41) is 5.71. The fourth-order valence-corrected chi connectivity index (χ4v) is 2.53. The SMILES string of the molecule is COc1ccc(NC(=O)[C@H]2CCCN(C(=O)NC(C)C)C2)cn1. The summed E-state index contributed by atoms with van der Waals surface area (Å²) in [6, 6.07) is 3.42. The molecule has 0 unspecified atom stereocenters. The Bertz CT molecular complexity index is 545. The Morgan fingerprint density at radius 1 is 1.39 bits per heavy atom. The van der Waals surface area contributed by atoms with E-state index in [0.717, 1.165) is 12.8 Å². The minimum atomic E-state index is -0.205. The molecule has 126 valence electrons. The molecule has 7 heteroatoms. The predicted molar refractivity (Wildman–Crippen MR) is 87.4 cm³/mol. The Morgan fingerprint density at radius 3 is 2.78 bits per heavy atom. The number of amides is 3. The molecule has 0 aliphatic carbocycles. The van der Waals surface area contributed by atoms with E-state index in [1.807, 2.05) is 13.8 Å². The van der Waals surface area contributed by atoms with Crippen molar-refractivity contribution in [1.82, 2.24) is 15.2 Å². The van der Waals surface area contributed by atoms with Crippen molar-refractivity contribution in [3.05, 3.63) is 18.3 Å². The van der Waals surface area contributed by atoms with Crippen LogP contribution in [0.1, 0.15) is 26.7 Å². The number of carbonyl (C=O) groups is 2. The smallest absolute Gasteiger partial charge is 0.317 e. The first-order valence-electron chi connectivity index (χ1n) is 7.86. The fraction of sp³-hybridized carbons (Fsp3) is 0.562. The topological polar surface area (TPSA) is 83.6 Å². The Morgan fingerprint density at radius 2 is 2.17 bits per heavy atom. The summed E-state index contributed by atoms with van der Waals surface area (Å²) in [4.78, 5) is 30.2. The summed E-state index contributed by atoms with van der Waals surface area (Å²) in [5.41, 5.74) is 0.625. The molecule has 1 saturated heterocycles. The molecule has 1 atom stereocenters. The van der Waals surface area contributed by atoms with Gasteiger partial charge in [-0.25, -0.2) is 9.78 Å². The fourth-order valence-electron chi connectivity index (χ4n) is 2.53. The highest BCUT2D eigenvalue weighted by Gasteiger charge is 2.28. The number of urea groups is 1. The van der Waals surface area contributed by atoms with Gasteiger partial charge in [0.15, 0.2) is 0 Å². The molecule has 1 aromatic heterocycles. The number of hydrogen-bond donors (Lipinski definition) is 2. The van der Waals surface area contributed by atoms with E-state index in [1.165, 1.54) is 0 Å². The number of ether oxygens (including phenoxy) is 1. The number of pyridine rings is 1. The van der Waals surface area contributed by atoms with Gasteiger partial charge in [-0.2, -0.15) is 0 Å². The number of likely N-dealkylation sites (tertiary alicyclic amines) is 1. The highest BCUT2D eigenvalue weighted by atomic mass is 16.5. The van der Waals surface area contributed by atoms with Gasteiger partial charge in [-0.3, -0.25) is 4.79 Å². The summed E-state index contributed by atoms with van der Waals surface area (Å²) in [6.07, 6.45) is 3.16. The van der Waals surface area contributed by atoms with E-state index in [9.17, 15) is 9.59 Å². The average Bonchev–Trinajstić information content (AvgIpc) is 2.55. The Labute approximate surface area is 136 Å². The third kappa shape index (κ3) is 4.84. The van der Waals surface area contributed by atoms with Gasteiger partial charge in [-0.15, -0.1) is 0 Å². The first-order chi connectivity index (χ1) is 11.0.